The lowest BCUT2D eigenvalue weighted by Gasteiger charge is -2.30. The SMILES string of the molecule is CC[C@H](C)[C@H](NC(C)=O)C(=O)N[C@H](C(=O)N[C@@H](C)C(=O)N[C@@H](Cc1ccccc1)C(=O)N[C@@H](CCCCN)C(=O)N[C@H](C(=O)N[C@H](C(=O)N[C@H](C(=O)N[C@@H](CCCCN)C(N)=O)C(C)C)C(C)C)[C@@H](C)O)C(C)C. The second kappa shape index (κ2) is 33.6. The Bertz CT molecular complexity index is 2000. The average molecular weight is 1050 g/mol. The Kier molecular flexibility index (Phi) is 29.9. The molecule has 1 aromatic carbocycles. The summed E-state index contributed by atoms with van der Waals surface area (Å²) in [4.78, 5) is 134. The number of hydrogen-bond acceptors (Lipinski definition) is 13. The van der Waals surface area contributed by atoms with Crippen LogP contribution in [0.5, 0.6) is 0 Å². The smallest absolute Gasteiger partial charge is 0.245 e. The number of rotatable bonds is 34. The first-order valence-electron chi connectivity index (χ1n) is 25.8. The lowest BCUT2D eigenvalue weighted by molar-refractivity contribution is -0.138. The van der Waals surface area contributed by atoms with Gasteiger partial charge in [0.05, 0.1) is 6.10 Å². The Labute approximate surface area is 436 Å². The first-order chi connectivity index (χ1) is 34.7. The van der Waals surface area contributed by atoms with Gasteiger partial charge in [-0.1, -0.05) is 92.1 Å². The van der Waals surface area contributed by atoms with E-state index in [0.717, 1.165) is 0 Å². The molecule has 0 spiro atoms. The van der Waals surface area contributed by atoms with E-state index in [1.165, 1.54) is 20.8 Å². The predicted octanol–water partition coefficient (Wildman–Crippen LogP) is -1.23. The lowest BCUT2D eigenvalue weighted by atomic mass is 9.96. The summed E-state index contributed by atoms with van der Waals surface area (Å²) in [6, 6.07) is -2.33. The molecular weight excluding hydrogens is 957 g/mol. The van der Waals surface area contributed by atoms with Gasteiger partial charge in [-0.25, -0.2) is 0 Å². The number of unbranched alkanes of at least 4 members (excludes halogenated alkanes) is 2. The van der Waals surface area contributed by atoms with Crippen molar-refractivity contribution >= 4 is 59.1 Å². The van der Waals surface area contributed by atoms with Gasteiger partial charge in [-0.05, 0) is 94.7 Å². The van der Waals surface area contributed by atoms with Crippen LogP contribution >= 0.6 is 0 Å². The van der Waals surface area contributed by atoms with E-state index < -0.39 is 137 Å². The van der Waals surface area contributed by atoms with E-state index in [-0.39, 0.29) is 31.7 Å². The first-order valence-corrected chi connectivity index (χ1v) is 25.8. The Morgan fingerprint density at radius 1 is 0.473 bits per heavy atom. The Hall–Kier alpha value is -6.20. The van der Waals surface area contributed by atoms with E-state index in [1.54, 1.807) is 78.8 Å². The minimum absolute atomic E-state index is 0.0167. The van der Waals surface area contributed by atoms with Crippen LogP contribution in [0.3, 0.4) is 0 Å². The standard InChI is InChI=1S/C51H88N12O11/c1-12-30(8)41(56-33(11)65)50(73)61-38(27(2)3)47(70)55-31(9)44(67)59-37(26-34-20-14-13-15-21-34)46(69)58-36(23-17-19-25-53)45(68)63-42(32(10)64)51(74)62-40(29(6)7)49(72)60-39(28(4)5)48(71)57-35(43(54)66)22-16-18-24-52/h13-15,20-21,27-32,35-42,64H,12,16-19,22-26,52-53H2,1-11H3,(H2,54,66)(H,55,70)(H,56,65)(H,57,71)(H,58,69)(H,59,67)(H,60,72)(H,61,73)(H,62,74)(H,63,68)/t30-,31-,32+,35-,36-,37-,38-,39-,40-,41-,42-/m0/s1. The minimum Gasteiger partial charge on any atom is -0.391 e. The van der Waals surface area contributed by atoms with Gasteiger partial charge >= 0.3 is 0 Å². The zero-order valence-electron chi connectivity index (χ0n) is 45.3. The quantitative estimate of drug-likeness (QED) is 0.0360. The molecule has 11 atom stereocenters. The van der Waals surface area contributed by atoms with Crippen LogP contribution in [0.15, 0.2) is 30.3 Å². The number of carbonyl (C=O) groups excluding carboxylic acids is 10. The fraction of sp³-hybridized carbons (Fsp3) is 0.686. The topological polar surface area (TPSA) is 377 Å². The second-order valence-electron chi connectivity index (χ2n) is 20.1. The molecule has 0 unspecified atom stereocenters. The number of aliphatic hydroxyl groups is 1. The fourth-order valence-electron chi connectivity index (χ4n) is 7.71. The summed E-state index contributed by atoms with van der Waals surface area (Å²) >= 11 is 0. The van der Waals surface area contributed by atoms with Crippen LogP contribution in [0.2, 0.25) is 0 Å². The lowest BCUT2D eigenvalue weighted by Crippen LogP contribution is -2.63. The van der Waals surface area contributed by atoms with Crippen LogP contribution < -0.4 is 65.1 Å². The minimum atomic E-state index is -1.66. The molecule has 0 saturated carbocycles. The monoisotopic (exact) mass is 1040 g/mol. The molecule has 23 heteroatoms. The van der Waals surface area contributed by atoms with Crippen molar-refractivity contribution in [2.45, 2.75) is 188 Å². The molecule has 74 heavy (non-hydrogen) atoms. The van der Waals surface area contributed by atoms with Crippen molar-refractivity contribution < 1.29 is 53.1 Å². The summed E-state index contributed by atoms with van der Waals surface area (Å²) in [5, 5.41) is 34.5. The maximum atomic E-state index is 14.3. The summed E-state index contributed by atoms with van der Waals surface area (Å²) in [6.07, 6.45) is 1.14. The highest BCUT2D eigenvalue weighted by Gasteiger charge is 2.37. The molecule has 0 aromatic heterocycles. The molecular formula is C51H88N12O11. The van der Waals surface area contributed by atoms with Crippen molar-refractivity contribution in [3.8, 4) is 0 Å². The highest BCUT2D eigenvalue weighted by Crippen LogP contribution is 2.13. The number of nitrogens with two attached hydrogens (primary N) is 3. The average Bonchev–Trinajstić information content (AvgIpc) is 3.33. The van der Waals surface area contributed by atoms with Crippen LogP contribution in [0, 0.1) is 23.7 Å². The summed E-state index contributed by atoms with van der Waals surface area (Å²) in [6.45, 7) is 18.3. The van der Waals surface area contributed by atoms with Crippen molar-refractivity contribution in [3.05, 3.63) is 35.9 Å². The van der Waals surface area contributed by atoms with Crippen LogP contribution in [-0.2, 0) is 54.4 Å². The number of hydrogen-bond donors (Lipinski definition) is 13. The van der Waals surface area contributed by atoms with Crippen molar-refractivity contribution in [3.63, 3.8) is 0 Å². The van der Waals surface area contributed by atoms with E-state index in [1.807, 2.05) is 6.92 Å². The van der Waals surface area contributed by atoms with Gasteiger partial charge in [0.15, 0.2) is 0 Å². The molecule has 418 valence electrons. The molecule has 0 bridgehead atoms. The summed E-state index contributed by atoms with van der Waals surface area (Å²) < 4.78 is 0. The van der Waals surface area contributed by atoms with Crippen molar-refractivity contribution in [2.24, 2.45) is 40.9 Å². The third-order valence-electron chi connectivity index (χ3n) is 12.5. The van der Waals surface area contributed by atoms with Gasteiger partial charge in [-0.15, -0.1) is 0 Å². The number of carbonyl (C=O) groups is 10. The molecule has 0 aliphatic rings. The largest absolute Gasteiger partial charge is 0.391 e. The highest BCUT2D eigenvalue weighted by atomic mass is 16.3. The Morgan fingerprint density at radius 3 is 1.30 bits per heavy atom. The van der Waals surface area contributed by atoms with Gasteiger partial charge in [0, 0.05) is 13.3 Å². The summed E-state index contributed by atoms with van der Waals surface area (Å²) in [7, 11) is 0. The first kappa shape index (κ1) is 65.8. The zero-order valence-corrected chi connectivity index (χ0v) is 45.3. The van der Waals surface area contributed by atoms with Crippen LogP contribution in [0.1, 0.15) is 127 Å². The van der Waals surface area contributed by atoms with Gasteiger partial charge in [0.1, 0.15) is 54.4 Å². The van der Waals surface area contributed by atoms with Crippen molar-refractivity contribution in [2.75, 3.05) is 13.1 Å². The molecule has 0 fully saturated rings. The van der Waals surface area contributed by atoms with E-state index in [2.05, 4.69) is 47.9 Å². The molecule has 0 saturated heterocycles. The van der Waals surface area contributed by atoms with Crippen LogP contribution in [0.25, 0.3) is 0 Å². The normalized spacial score (nSPS) is 15.8. The zero-order chi connectivity index (χ0) is 56.4. The predicted molar refractivity (Wildman–Crippen MR) is 280 cm³/mol. The molecule has 10 amide bonds. The summed E-state index contributed by atoms with van der Waals surface area (Å²) in [5.41, 5.74) is 17.5. The van der Waals surface area contributed by atoms with E-state index in [9.17, 15) is 53.1 Å². The number of benzene rings is 1. The molecule has 0 aliphatic carbocycles. The highest BCUT2D eigenvalue weighted by molar-refractivity contribution is 5.98. The molecule has 16 N–H and O–H groups in total. The van der Waals surface area contributed by atoms with Gasteiger partial charge in [-0.2, -0.15) is 0 Å². The van der Waals surface area contributed by atoms with Gasteiger partial charge in [0.25, 0.3) is 0 Å². The molecule has 0 radical (unpaired) electrons. The fourth-order valence-corrected chi connectivity index (χ4v) is 7.71. The van der Waals surface area contributed by atoms with E-state index in [4.69, 9.17) is 17.2 Å². The van der Waals surface area contributed by atoms with E-state index in [0.29, 0.717) is 44.2 Å². The molecule has 23 nitrogen and oxygen atoms in total. The molecule has 1 aromatic rings. The molecule has 1 rings (SSSR count). The van der Waals surface area contributed by atoms with Crippen LogP contribution in [-0.4, -0.2) is 138 Å². The number of amides is 10. The number of primary amides is 1. The maximum absolute atomic E-state index is 14.3. The van der Waals surface area contributed by atoms with Crippen molar-refractivity contribution in [1.29, 1.82) is 0 Å². The number of nitrogens with one attached hydrogen (secondary N) is 9. The van der Waals surface area contributed by atoms with Crippen LogP contribution in [0.4, 0.5) is 0 Å². The molecule has 0 aliphatic heterocycles. The van der Waals surface area contributed by atoms with Gasteiger partial charge in [-0.3, -0.25) is 47.9 Å². The Balaban J connectivity index is 3.40. The van der Waals surface area contributed by atoms with E-state index >= 15 is 0 Å². The second-order valence-corrected chi connectivity index (χ2v) is 20.1. The maximum Gasteiger partial charge on any atom is 0.245 e. The summed E-state index contributed by atoms with van der Waals surface area (Å²) in [5.74, 6) is -9.02. The van der Waals surface area contributed by atoms with Crippen molar-refractivity contribution in [1.82, 2.24) is 47.9 Å². The third kappa shape index (κ3) is 22.9. The Morgan fingerprint density at radius 2 is 0.865 bits per heavy atom. The van der Waals surface area contributed by atoms with Gasteiger partial charge < -0.3 is 70.2 Å². The molecule has 0 heterocycles. The third-order valence-corrected chi connectivity index (χ3v) is 12.5. The number of aliphatic hydroxyl groups excluding tert-OH is 1. The van der Waals surface area contributed by atoms with Gasteiger partial charge in [0.2, 0.25) is 59.1 Å².